The molecule has 0 aliphatic carbocycles. The van der Waals surface area contributed by atoms with Crippen molar-refractivity contribution in [2.24, 2.45) is 0 Å². The van der Waals surface area contributed by atoms with Crippen LogP contribution >= 0.6 is 0 Å². The summed E-state index contributed by atoms with van der Waals surface area (Å²) in [6, 6.07) is -0.215. The number of carbonyl (C=O) groups excluding carboxylic acids is 2. The lowest BCUT2D eigenvalue weighted by Gasteiger charge is -2.32. The molecule has 1 amide bonds. The smallest absolute Gasteiger partial charge is 0.444 e. The second-order valence-electron chi connectivity index (χ2n) is 8.77. The molecule has 1 fully saturated rings. The maximum absolute atomic E-state index is 12.4. The highest BCUT2D eigenvalue weighted by Crippen LogP contribution is 2.36. The third kappa shape index (κ3) is 6.43. The molecule has 148 valence electrons. The first-order chi connectivity index (χ1) is 11.8. The molecule has 0 saturated carbocycles. The van der Waals surface area contributed by atoms with Crippen LogP contribution in [0.25, 0.3) is 0 Å². The van der Waals surface area contributed by atoms with Crippen molar-refractivity contribution in [2.45, 2.75) is 91.1 Å². The summed E-state index contributed by atoms with van der Waals surface area (Å²) >= 11 is 0. The molecular weight excluding hydrogens is 333 g/mol. The van der Waals surface area contributed by atoms with Gasteiger partial charge in [0.25, 0.3) is 0 Å². The van der Waals surface area contributed by atoms with Crippen LogP contribution in [0.1, 0.15) is 68.2 Å². The first-order valence-corrected chi connectivity index (χ1v) is 9.24. The molecule has 1 rings (SSSR count). The van der Waals surface area contributed by atoms with Crippen LogP contribution in [0.2, 0.25) is 0 Å². The Morgan fingerprint density at radius 2 is 1.73 bits per heavy atom. The SMILES string of the molecule is C[C@H](CC=O)N(CC/C=C/B1OC(C)(C)C(C)(C)O1)C(=O)OC(C)(C)C. The Balaban J connectivity index is 2.64. The van der Waals surface area contributed by atoms with Crippen LogP contribution in [-0.2, 0) is 18.8 Å². The van der Waals surface area contributed by atoms with E-state index < -0.39 is 18.8 Å². The molecule has 6 nitrogen and oxygen atoms in total. The van der Waals surface area contributed by atoms with Crippen LogP contribution in [0.4, 0.5) is 4.79 Å². The van der Waals surface area contributed by atoms with Crippen LogP contribution in [-0.4, -0.2) is 53.8 Å². The molecule has 0 unspecified atom stereocenters. The molecule has 0 aromatic heterocycles. The molecule has 1 aliphatic rings. The van der Waals surface area contributed by atoms with Gasteiger partial charge in [-0.25, -0.2) is 4.79 Å². The molecule has 1 heterocycles. The monoisotopic (exact) mass is 367 g/mol. The minimum absolute atomic E-state index is 0.215. The van der Waals surface area contributed by atoms with Crippen LogP contribution in [0.5, 0.6) is 0 Å². The molecule has 0 spiro atoms. The highest BCUT2D eigenvalue weighted by molar-refractivity contribution is 6.51. The second kappa shape index (κ2) is 8.57. The number of aldehydes is 1. The lowest BCUT2D eigenvalue weighted by Crippen LogP contribution is -2.42. The largest absolute Gasteiger partial charge is 0.486 e. The molecule has 7 heteroatoms. The van der Waals surface area contributed by atoms with Gasteiger partial charge in [0.15, 0.2) is 0 Å². The van der Waals surface area contributed by atoms with Crippen molar-refractivity contribution >= 4 is 19.5 Å². The Kier molecular flexibility index (Phi) is 7.48. The summed E-state index contributed by atoms with van der Waals surface area (Å²) in [6.07, 6.45) is 3.25. The molecule has 26 heavy (non-hydrogen) atoms. The van der Waals surface area contributed by atoms with E-state index >= 15 is 0 Å². The predicted octanol–water partition coefficient (Wildman–Crippen LogP) is 3.78. The molecule has 0 N–H and O–H groups in total. The maximum atomic E-state index is 12.4. The normalized spacial score (nSPS) is 20.2. The van der Waals surface area contributed by atoms with E-state index in [-0.39, 0.29) is 23.7 Å². The molecule has 0 bridgehead atoms. The van der Waals surface area contributed by atoms with E-state index in [0.717, 1.165) is 6.29 Å². The second-order valence-corrected chi connectivity index (χ2v) is 8.77. The van der Waals surface area contributed by atoms with Gasteiger partial charge in [0.05, 0.1) is 11.2 Å². The zero-order valence-corrected chi connectivity index (χ0v) is 17.5. The molecule has 0 aromatic carbocycles. The highest BCUT2D eigenvalue weighted by atomic mass is 16.7. The average molecular weight is 367 g/mol. The number of nitrogens with zero attached hydrogens (tertiary/aromatic N) is 1. The summed E-state index contributed by atoms with van der Waals surface area (Å²) in [5.74, 6) is 1.87. The molecular formula is C19H34BNO5. The van der Waals surface area contributed by atoms with Crippen molar-refractivity contribution in [3.05, 3.63) is 12.1 Å². The summed E-state index contributed by atoms with van der Waals surface area (Å²) in [6.45, 7) is 15.8. The van der Waals surface area contributed by atoms with Crippen molar-refractivity contribution in [3.8, 4) is 0 Å². The summed E-state index contributed by atoms with van der Waals surface area (Å²) in [5.41, 5.74) is -1.32. The van der Waals surface area contributed by atoms with E-state index in [2.05, 4.69) is 0 Å². The van der Waals surface area contributed by atoms with E-state index in [9.17, 15) is 9.59 Å². The van der Waals surface area contributed by atoms with Crippen molar-refractivity contribution in [2.75, 3.05) is 6.54 Å². The number of hydrogen-bond acceptors (Lipinski definition) is 5. The third-order valence-electron chi connectivity index (χ3n) is 4.70. The van der Waals surface area contributed by atoms with Gasteiger partial charge in [-0.1, -0.05) is 12.1 Å². The molecule has 1 saturated heterocycles. The zero-order valence-electron chi connectivity index (χ0n) is 17.5. The fraction of sp³-hybridized carbons (Fsp3) is 0.789. The van der Waals surface area contributed by atoms with Crippen molar-refractivity contribution < 1.29 is 23.6 Å². The minimum atomic E-state index is -0.575. The number of carbonyl (C=O) groups is 2. The van der Waals surface area contributed by atoms with Crippen LogP contribution < -0.4 is 0 Å². The first-order valence-electron chi connectivity index (χ1n) is 9.24. The van der Waals surface area contributed by atoms with Gasteiger partial charge in [0, 0.05) is 19.0 Å². The Morgan fingerprint density at radius 3 is 2.19 bits per heavy atom. The number of amides is 1. The van der Waals surface area contributed by atoms with Gasteiger partial charge in [0.1, 0.15) is 11.9 Å². The minimum Gasteiger partial charge on any atom is -0.444 e. The molecule has 0 aromatic rings. The summed E-state index contributed by atoms with van der Waals surface area (Å²) in [4.78, 5) is 24.8. The van der Waals surface area contributed by atoms with Crippen molar-refractivity contribution in [1.29, 1.82) is 0 Å². The Labute approximate surface area is 158 Å². The first kappa shape index (κ1) is 22.7. The highest BCUT2D eigenvalue weighted by Gasteiger charge is 2.49. The van der Waals surface area contributed by atoms with Crippen LogP contribution in [0.3, 0.4) is 0 Å². The van der Waals surface area contributed by atoms with Crippen molar-refractivity contribution in [1.82, 2.24) is 4.90 Å². The zero-order chi connectivity index (χ0) is 20.2. The summed E-state index contributed by atoms with van der Waals surface area (Å²) in [5, 5.41) is 0. The van der Waals surface area contributed by atoms with Gasteiger partial charge in [0.2, 0.25) is 0 Å². The molecule has 1 atom stereocenters. The topological polar surface area (TPSA) is 65.1 Å². The Morgan fingerprint density at radius 1 is 1.19 bits per heavy atom. The van der Waals surface area contributed by atoms with Gasteiger partial charge in [-0.15, -0.1) is 0 Å². The lowest BCUT2D eigenvalue weighted by molar-refractivity contribution is -0.108. The van der Waals surface area contributed by atoms with Gasteiger partial charge in [-0.3, -0.25) is 0 Å². The van der Waals surface area contributed by atoms with Crippen molar-refractivity contribution in [3.63, 3.8) is 0 Å². The summed E-state index contributed by atoms with van der Waals surface area (Å²) in [7, 11) is -0.401. The lowest BCUT2D eigenvalue weighted by atomic mass is 9.90. The third-order valence-corrected chi connectivity index (χ3v) is 4.70. The van der Waals surface area contributed by atoms with Gasteiger partial charge < -0.3 is 23.7 Å². The Hall–Kier alpha value is -1.34. The predicted molar refractivity (Wildman–Crippen MR) is 103 cm³/mol. The molecule has 0 radical (unpaired) electrons. The summed E-state index contributed by atoms with van der Waals surface area (Å²) < 4.78 is 17.3. The van der Waals surface area contributed by atoms with E-state index in [0.29, 0.717) is 13.0 Å². The van der Waals surface area contributed by atoms with E-state index in [1.165, 1.54) is 0 Å². The van der Waals surface area contributed by atoms with E-state index in [4.69, 9.17) is 14.0 Å². The number of hydrogen-bond donors (Lipinski definition) is 0. The van der Waals surface area contributed by atoms with Gasteiger partial charge in [-0.2, -0.15) is 0 Å². The van der Waals surface area contributed by atoms with Crippen LogP contribution in [0, 0.1) is 0 Å². The van der Waals surface area contributed by atoms with Gasteiger partial charge >= 0.3 is 13.2 Å². The quantitative estimate of drug-likeness (QED) is 0.506. The molecule has 1 aliphatic heterocycles. The average Bonchev–Trinajstić information content (AvgIpc) is 2.64. The van der Waals surface area contributed by atoms with Gasteiger partial charge in [-0.05, 0) is 61.8 Å². The maximum Gasteiger partial charge on any atom is 0.486 e. The standard InChI is InChI=1S/C19H34BNO5/c1-15(11-14-22)21(16(23)24-17(2,3)4)13-10-9-12-20-25-18(5,6)19(7,8)26-20/h9,12,14-15H,10-11,13H2,1-8H3/b12-9+/t15-/m1/s1. The van der Waals surface area contributed by atoms with E-state index in [1.54, 1.807) is 4.90 Å². The Bertz CT molecular complexity index is 509. The number of ether oxygens (including phenoxy) is 1. The van der Waals surface area contributed by atoms with E-state index in [1.807, 2.05) is 67.4 Å². The fourth-order valence-electron chi connectivity index (χ4n) is 2.47. The fourth-order valence-corrected chi connectivity index (χ4v) is 2.47. The number of rotatable bonds is 7. The van der Waals surface area contributed by atoms with Crippen LogP contribution in [0.15, 0.2) is 12.1 Å².